The normalized spacial score (nSPS) is 10.6. The Balaban J connectivity index is 0.000000158. The maximum absolute atomic E-state index is 9.50. The van der Waals surface area contributed by atoms with Crippen LogP contribution >= 0.6 is 23.2 Å². The molecule has 1 aliphatic heterocycles. The molecule has 72 heavy (non-hydrogen) atoms. The number of pyridine rings is 4. The Hall–Kier alpha value is -7.43. The van der Waals surface area contributed by atoms with Crippen molar-refractivity contribution < 1.29 is 8.68 Å². The first-order valence-electron chi connectivity index (χ1n) is 23.5. The molecule has 10 heteroatoms. The van der Waals surface area contributed by atoms with Crippen molar-refractivity contribution in [3.8, 4) is 0 Å². The molecule has 0 amide bonds. The third-order valence-corrected chi connectivity index (χ3v) is 12.3. The number of aryl methyl sites for hydroxylation is 8. The standard InChI is InChI=1S/2C11H11N.C10H11N.2C10H9N.C8H7NS.CH3ClO.CH3F/c2*1-8-7-10-5-3-4-6-11(10)12-9(8)2;2*1-8-4-5-10-9(7-8)3-2-6-11-10;1-8-3-2-4-9-7-11-6-5-10(8)9;1-6-9-7-4-2-3-5-8(7)10-6;1-3-2;1-2/h2*3-7H,1-2H3;2-5,7,11H,6H2,1H3;2*2-7H,1H3;2-5H,1H3;1H3;1H3. The molecule has 11 aromatic rings. The first-order chi connectivity index (χ1) is 34.9. The van der Waals surface area contributed by atoms with Gasteiger partial charge in [-0.15, -0.1) is 11.3 Å². The van der Waals surface area contributed by atoms with E-state index in [9.17, 15) is 4.39 Å². The van der Waals surface area contributed by atoms with Gasteiger partial charge in [-0.3, -0.25) is 28.6 Å². The Morgan fingerprint density at radius 2 is 1.08 bits per heavy atom. The van der Waals surface area contributed by atoms with Gasteiger partial charge in [-0.05, 0) is 156 Å². The minimum Gasteiger partial charge on any atom is -0.381 e. The number of fused-ring (bicyclic) bond motifs is 6. The third kappa shape index (κ3) is 16.9. The number of thiazole rings is 1. The lowest BCUT2D eigenvalue weighted by Gasteiger charge is -2.12. The summed E-state index contributed by atoms with van der Waals surface area (Å²) in [7, 11) is 1.89. The second kappa shape index (κ2) is 29.0. The van der Waals surface area contributed by atoms with Crippen LogP contribution in [-0.4, -0.2) is 45.8 Å². The fourth-order valence-corrected chi connectivity index (χ4v) is 8.27. The number of nitrogens with zero attached hydrogens (tertiary/aromatic N) is 5. The van der Waals surface area contributed by atoms with Crippen LogP contribution in [-0.2, 0) is 4.29 Å². The lowest BCUT2D eigenvalue weighted by molar-refractivity contribution is 0.463. The zero-order valence-corrected chi connectivity index (χ0v) is 44.5. The van der Waals surface area contributed by atoms with Gasteiger partial charge in [0.05, 0.1) is 57.9 Å². The smallest absolute Gasteiger partial charge is 0.0907 e. The van der Waals surface area contributed by atoms with Crippen LogP contribution in [0.2, 0.25) is 0 Å². The molecule has 5 aromatic heterocycles. The van der Waals surface area contributed by atoms with Crippen LogP contribution in [0.25, 0.3) is 59.8 Å². The van der Waals surface area contributed by atoms with Crippen LogP contribution in [0.5, 0.6) is 0 Å². The van der Waals surface area contributed by atoms with Gasteiger partial charge in [0.25, 0.3) is 0 Å². The van der Waals surface area contributed by atoms with Gasteiger partial charge in [0.1, 0.15) is 0 Å². The highest BCUT2D eigenvalue weighted by Gasteiger charge is 2.02. The Morgan fingerprint density at radius 1 is 0.528 bits per heavy atom. The molecule has 1 aliphatic rings. The molecule has 7 nitrogen and oxygen atoms in total. The predicted octanol–water partition coefficient (Wildman–Crippen LogP) is 17.2. The zero-order chi connectivity index (χ0) is 51.8. The van der Waals surface area contributed by atoms with Crippen LogP contribution < -0.4 is 5.32 Å². The van der Waals surface area contributed by atoms with E-state index in [0.29, 0.717) is 7.18 Å². The highest BCUT2D eigenvalue weighted by molar-refractivity contribution is 7.18. The molecule has 368 valence electrons. The highest BCUT2D eigenvalue weighted by Crippen LogP contribution is 2.22. The lowest BCUT2D eigenvalue weighted by Crippen LogP contribution is -2.03. The minimum atomic E-state index is 0.500. The third-order valence-electron chi connectivity index (χ3n) is 11.3. The molecule has 6 aromatic carbocycles. The Kier molecular flexibility index (Phi) is 22.4. The maximum atomic E-state index is 9.50. The van der Waals surface area contributed by atoms with Gasteiger partial charge in [-0.1, -0.05) is 108 Å². The van der Waals surface area contributed by atoms with E-state index >= 15 is 0 Å². The SMILES string of the molecule is CF.COCl.Cc1cc2ccccc2nc1C.Cc1cc2ccccc2nc1C.Cc1ccc2c(c1)C=CCN2.Cc1ccc2ncccc2c1.Cc1cccc2cnccc12.Cc1nc2ccccc2s1. The number of rotatable bonds is 0. The Labute approximate surface area is 433 Å². The fourth-order valence-electron chi connectivity index (χ4n) is 7.44. The largest absolute Gasteiger partial charge is 0.381 e. The van der Waals surface area contributed by atoms with E-state index in [1.54, 1.807) is 11.3 Å². The minimum absolute atomic E-state index is 0.500. The average molecular weight is 996 g/mol. The van der Waals surface area contributed by atoms with Gasteiger partial charge < -0.3 is 5.32 Å². The summed E-state index contributed by atoms with van der Waals surface area (Å²) in [5.74, 6) is 0. The van der Waals surface area contributed by atoms with Crippen LogP contribution in [0.15, 0.2) is 182 Å². The van der Waals surface area contributed by atoms with Crippen molar-refractivity contribution in [2.75, 3.05) is 26.1 Å². The number of hydrogen-bond acceptors (Lipinski definition) is 8. The fraction of sp³-hybridized carbons (Fsp3) is 0.177. The number of nitrogens with one attached hydrogen (secondary N) is 1. The molecule has 0 radical (unpaired) electrons. The van der Waals surface area contributed by atoms with E-state index in [4.69, 9.17) is 0 Å². The van der Waals surface area contributed by atoms with Crippen molar-refractivity contribution >= 4 is 88.7 Å². The van der Waals surface area contributed by atoms with Gasteiger partial charge in [0, 0.05) is 63.8 Å². The molecular weight excluding hydrogens is 931 g/mol. The van der Waals surface area contributed by atoms with Crippen molar-refractivity contribution in [1.29, 1.82) is 0 Å². The molecule has 6 heterocycles. The van der Waals surface area contributed by atoms with Gasteiger partial charge in [0.15, 0.2) is 0 Å². The van der Waals surface area contributed by atoms with Gasteiger partial charge in [0.2, 0.25) is 0 Å². The first kappa shape index (κ1) is 55.5. The average Bonchev–Trinajstić information content (AvgIpc) is 3.79. The molecule has 0 atom stereocenters. The van der Waals surface area contributed by atoms with E-state index in [2.05, 4.69) is 178 Å². The predicted molar refractivity (Wildman–Crippen MR) is 308 cm³/mol. The summed E-state index contributed by atoms with van der Waals surface area (Å²) in [6.45, 7) is 17.6. The summed E-state index contributed by atoms with van der Waals surface area (Å²) in [4.78, 5) is 21.6. The van der Waals surface area contributed by atoms with E-state index < -0.39 is 0 Å². The number of anilines is 1. The van der Waals surface area contributed by atoms with Crippen LogP contribution in [0.1, 0.15) is 49.8 Å². The van der Waals surface area contributed by atoms with Gasteiger partial charge in [-0.25, -0.2) is 4.98 Å². The highest BCUT2D eigenvalue weighted by atomic mass is 35.5. The zero-order valence-electron chi connectivity index (χ0n) is 42.9. The number of alkyl halides is 1. The van der Waals surface area contributed by atoms with E-state index in [1.165, 1.54) is 77.8 Å². The Bertz CT molecular complexity index is 3260. The van der Waals surface area contributed by atoms with Crippen LogP contribution in [0.3, 0.4) is 0 Å². The molecule has 12 rings (SSSR count). The summed E-state index contributed by atoms with van der Waals surface area (Å²) in [6, 6.07) is 54.0. The molecule has 0 bridgehead atoms. The van der Waals surface area contributed by atoms with Crippen molar-refractivity contribution in [2.45, 2.75) is 55.4 Å². The lowest BCUT2D eigenvalue weighted by atomic mass is 10.1. The summed E-state index contributed by atoms with van der Waals surface area (Å²) in [6.07, 6.45) is 9.84. The van der Waals surface area contributed by atoms with Crippen molar-refractivity contribution in [2.24, 2.45) is 0 Å². The molecule has 0 saturated heterocycles. The second-order valence-electron chi connectivity index (χ2n) is 16.8. The molecule has 0 fully saturated rings. The topological polar surface area (TPSA) is 85.7 Å². The summed E-state index contributed by atoms with van der Waals surface area (Å²) in [5.41, 5.74) is 15.6. The van der Waals surface area contributed by atoms with E-state index in [0.717, 1.165) is 45.0 Å². The second-order valence-corrected chi connectivity index (χ2v) is 18.3. The van der Waals surface area contributed by atoms with Gasteiger partial charge in [-0.2, -0.15) is 0 Å². The number of benzene rings is 6. The van der Waals surface area contributed by atoms with E-state index in [1.807, 2.05) is 112 Å². The number of aromatic nitrogens is 5. The molecule has 1 N–H and O–H groups in total. The Morgan fingerprint density at radius 3 is 1.72 bits per heavy atom. The number of hydrogen-bond donors (Lipinski definition) is 1. The number of para-hydroxylation sites is 3. The number of halogens is 2. The quantitative estimate of drug-likeness (QED) is 0.162. The summed E-state index contributed by atoms with van der Waals surface area (Å²) >= 11 is 6.24. The van der Waals surface area contributed by atoms with Crippen molar-refractivity contribution in [3.63, 3.8) is 0 Å². The molecule has 0 spiro atoms. The molecular formula is C62H64ClFN6OS. The van der Waals surface area contributed by atoms with Crippen molar-refractivity contribution in [1.82, 2.24) is 24.9 Å². The van der Waals surface area contributed by atoms with Crippen molar-refractivity contribution in [3.05, 3.63) is 232 Å². The summed E-state index contributed by atoms with van der Waals surface area (Å²) < 4.78 is 14.5. The van der Waals surface area contributed by atoms with Crippen LogP contribution in [0.4, 0.5) is 10.1 Å². The molecule has 0 unspecified atom stereocenters. The monoisotopic (exact) mass is 994 g/mol. The first-order valence-corrected chi connectivity index (χ1v) is 24.7. The molecule has 0 aliphatic carbocycles. The van der Waals surface area contributed by atoms with Gasteiger partial charge >= 0.3 is 0 Å². The van der Waals surface area contributed by atoms with E-state index in [-0.39, 0.29) is 0 Å². The van der Waals surface area contributed by atoms with Crippen LogP contribution in [0, 0.1) is 55.4 Å². The summed E-state index contributed by atoms with van der Waals surface area (Å²) in [5, 5.41) is 10.6. The molecule has 0 saturated carbocycles. The maximum Gasteiger partial charge on any atom is 0.0907 e.